The Hall–Kier alpha value is -1.41. The predicted molar refractivity (Wildman–Crippen MR) is 73.8 cm³/mol. The minimum absolute atomic E-state index is 0.0999. The van der Waals surface area contributed by atoms with E-state index < -0.39 is 27.4 Å². The maximum atomic E-state index is 12.3. The lowest BCUT2D eigenvalue weighted by Gasteiger charge is -2.29. The van der Waals surface area contributed by atoms with E-state index in [-0.39, 0.29) is 11.4 Å². The largest absolute Gasteiger partial charge is 0.481 e. The van der Waals surface area contributed by atoms with Crippen LogP contribution >= 0.6 is 0 Å². The average molecular weight is 303 g/mol. The van der Waals surface area contributed by atoms with Gasteiger partial charge >= 0.3 is 5.97 Å². The molecule has 7 nitrogen and oxygen atoms in total. The number of hydrogen-bond donors (Lipinski definition) is 2. The van der Waals surface area contributed by atoms with Crippen LogP contribution in [0.15, 0.2) is 11.2 Å². The van der Waals surface area contributed by atoms with Gasteiger partial charge < -0.3 is 9.67 Å². The van der Waals surface area contributed by atoms with Gasteiger partial charge in [-0.15, -0.1) is 0 Å². The molecule has 1 rings (SSSR count). The van der Waals surface area contributed by atoms with Crippen LogP contribution in [-0.4, -0.2) is 35.1 Å². The first-order valence-corrected chi connectivity index (χ1v) is 7.66. The number of carboxylic acids is 1. The van der Waals surface area contributed by atoms with Gasteiger partial charge in [-0.25, -0.2) is 18.1 Å². The van der Waals surface area contributed by atoms with Crippen molar-refractivity contribution in [1.82, 2.24) is 14.3 Å². The SMILES string of the molecule is Cc1nc(S(=O)(=O)NC(CC(=O)O)C(C)(C)C)cn1C. The Morgan fingerprint density at radius 3 is 2.40 bits per heavy atom. The van der Waals surface area contributed by atoms with Gasteiger partial charge in [0.1, 0.15) is 5.82 Å². The van der Waals surface area contributed by atoms with E-state index >= 15 is 0 Å². The maximum absolute atomic E-state index is 12.3. The predicted octanol–water partition coefficient (Wildman–Crippen LogP) is 0.896. The number of aliphatic carboxylic acids is 1. The molecular formula is C12H21N3O4S. The smallest absolute Gasteiger partial charge is 0.304 e. The van der Waals surface area contributed by atoms with Gasteiger partial charge in [0, 0.05) is 19.3 Å². The first-order valence-electron chi connectivity index (χ1n) is 6.17. The number of carbonyl (C=O) groups is 1. The quantitative estimate of drug-likeness (QED) is 0.841. The monoisotopic (exact) mass is 303 g/mol. The lowest BCUT2D eigenvalue weighted by Crippen LogP contribution is -2.45. The lowest BCUT2D eigenvalue weighted by atomic mass is 9.85. The number of carboxylic acid groups (broad SMARTS) is 1. The molecule has 8 heteroatoms. The number of rotatable bonds is 5. The summed E-state index contributed by atoms with van der Waals surface area (Å²) in [7, 11) is -2.14. The Bertz CT molecular complexity index is 579. The molecule has 1 heterocycles. The fourth-order valence-electron chi connectivity index (χ4n) is 1.60. The molecule has 0 spiro atoms. The number of nitrogens with one attached hydrogen (secondary N) is 1. The second-order valence-electron chi connectivity index (χ2n) is 5.88. The van der Waals surface area contributed by atoms with Crippen molar-refractivity contribution in [3.05, 3.63) is 12.0 Å². The van der Waals surface area contributed by atoms with E-state index in [1.165, 1.54) is 6.20 Å². The normalized spacial score (nSPS) is 14.2. The molecule has 0 fully saturated rings. The summed E-state index contributed by atoms with van der Waals surface area (Å²) in [5, 5.41) is 8.81. The molecule has 0 aliphatic heterocycles. The van der Waals surface area contributed by atoms with E-state index in [9.17, 15) is 13.2 Å². The van der Waals surface area contributed by atoms with Crippen molar-refractivity contribution >= 4 is 16.0 Å². The Balaban J connectivity index is 3.06. The number of nitrogens with zero attached hydrogens (tertiary/aromatic N) is 2. The third kappa shape index (κ3) is 4.04. The second-order valence-corrected chi connectivity index (χ2v) is 7.54. The highest BCUT2D eigenvalue weighted by Crippen LogP contribution is 2.23. The van der Waals surface area contributed by atoms with Gasteiger partial charge in [-0.3, -0.25) is 4.79 Å². The van der Waals surface area contributed by atoms with Crippen molar-refractivity contribution in [2.75, 3.05) is 0 Å². The zero-order chi connectivity index (χ0) is 15.7. The van der Waals surface area contributed by atoms with E-state index in [1.807, 2.05) is 0 Å². The second kappa shape index (κ2) is 5.53. The van der Waals surface area contributed by atoms with Crippen molar-refractivity contribution in [3.8, 4) is 0 Å². The third-order valence-corrected chi connectivity index (χ3v) is 4.43. The summed E-state index contributed by atoms with van der Waals surface area (Å²) in [6, 6.07) is -0.715. The van der Waals surface area contributed by atoms with E-state index in [0.717, 1.165) is 0 Å². The van der Waals surface area contributed by atoms with Crippen LogP contribution in [0.3, 0.4) is 0 Å². The molecule has 0 amide bonds. The standard InChI is InChI=1S/C12H21N3O4S/c1-8-13-10(7-15(8)5)20(18,19)14-9(6-11(16)17)12(2,3)4/h7,9,14H,6H2,1-5H3,(H,16,17). The number of sulfonamides is 1. The topological polar surface area (TPSA) is 101 Å². The zero-order valence-corrected chi connectivity index (χ0v) is 13.2. The number of aromatic nitrogens is 2. The highest BCUT2D eigenvalue weighted by molar-refractivity contribution is 7.89. The van der Waals surface area contributed by atoms with Crippen LogP contribution in [0.2, 0.25) is 0 Å². The van der Waals surface area contributed by atoms with Crippen molar-refractivity contribution in [2.24, 2.45) is 12.5 Å². The van der Waals surface area contributed by atoms with Gasteiger partial charge in [-0.1, -0.05) is 20.8 Å². The van der Waals surface area contributed by atoms with Crippen molar-refractivity contribution in [2.45, 2.75) is 45.2 Å². The first-order chi connectivity index (χ1) is 8.93. The summed E-state index contributed by atoms with van der Waals surface area (Å²) in [6.45, 7) is 7.05. The summed E-state index contributed by atoms with van der Waals surface area (Å²) in [6.07, 6.45) is 1.12. The Kier molecular flexibility index (Phi) is 4.60. The minimum Gasteiger partial charge on any atom is -0.481 e. The third-order valence-electron chi connectivity index (χ3n) is 3.08. The van der Waals surface area contributed by atoms with Gasteiger partial charge in [0.15, 0.2) is 5.03 Å². The van der Waals surface area contributed by atoms with Gasteiger partial charge in [0.25, 0.3) is 10.0 Å². The average Bonchev–Trinajstić information content (AvgIpc) is 2.56. The molecule has 0 bridgehead atoms. The molecule has 0 saturated carbocycles. The molecule has 20 heavy (non-hydrogen) atoms. The first kappa shape index (κ1) is 16.6. The zero-order valence-electron chi connectivity index (χ0n) is 12.3. The van der Waals surface area contributed by atoms with Gasteiger partial charge in [0.2, 0.25) is 0 Å². The Morgan fingerprint density at radius 1 is 1.50 bits per heavy atom. The fourth-order valence-corrected chi connectivity index (χ4v) is 3.08. The Labute approximate surface area is 119 Å². The van der Waals surface area contributed by atoms with Crippen LogP contribution in [0.5, 0.6) is 0 Å². The molecular weight excluding hydrogens is 282 g/mol. The van der Waals surface area contributed by atoms with Gasteiger partial charge in [0.05, 0.1) is 6.42 Å². The highest BCUT2D eigenvalue weighted by Gasteiger charge is 2.32. The molecule has 2 N–H and O–H groups in total. The van der Waals surface area contributed by atoms with Crippen molar-refractivity contribution in [1.29, 1.82) is 0 Å². The molecule has 114 valence electrons. The molecule has 1 unspecified atom stereocenters. The van der Waals surface area contributed by atoms with Crippen LogP contribution < -0.4 is 4.72 Å². The minimum atomic E-state index is -3.84. The molecule has 1 aromatic rings. The molecule has 1 aromatic heterocycles. The van der Waals surface area contributed by atoms with Crippen LogP contribution in [-0.2, 0) is 21.9 Å². The summed E-state index contributed by atoms with van der Waals surface area (Å²) < 4.78 is 28.5. The number of aryl methyl sites for hydroxylation is 2. The highest BCUT2D eigenvalue weighted by atomic mass is 32.2. The Morgan fingerprint density at radius 2 is 2.05 bits per heavy atom. The molecule has 0 aliphatic rings. The number of hydrogen-bond acceptors (Lipinski definition) is 4. The molecule has 0 aliphatic carbocycles. The van der Waals surface area contributed by atoms with Crippen LogP contribution in [0, 0.1) is 12.3 Å². The lowest BCUT2D eigenvalue weighted by molar-refractivity contribution is -0.138. The summed E-state index contributed by atoms with van der Waals surface area (Å²) in [4.78, 5) is 14.8. The van der Waals surface area contributed by atoms with Crippen molar-refractivity contribution in [3.63, 3.8) is 0 Å². The van der Waals surface area contributed by atoms with E-state index in [1.54, 1.807) is 39.3 Å². The summed E-state index contributed by atoms with van der Waals surface area (Å²) >= 11 is 0. The summed E-state index contributed by atoms with van der Waals surface area (Å²) in [5.74, 6) is -0.485. The van der Waals surface area contributed by atoms with Crippen LogP contribution in [0.25, 0.3) is 0 Å². The summed E-state index contributed by atoms with van der Waals surface area (Å²) in [5.41, 5.74) is -0.519. The number of imidazole rings is 1. The van der Waals surface area contributed by atoms with E-state index in [0.29, 0.717) is 5.82 Å². The maximum Gasteiger partial charge on any atom is 0.304 e. The van der Waals surface area contributed by atoms with Gasteiger partial charge in [-0.05, 0) is 12.3 Å². The van der Waals surface area contributed by atoms with Crippen molar-refractivity contribution < 1.29 is 18.3 Å². The van der Waals surface area contributed by atoms with Gasteiger partial charge in [-0.2, -0.15) is 0 Å². The molecule has 0 saturated heterocycles. The molecule has 0 radical (unpaired) electrons. The van der Waals surface area contributed by atoms with E-state index in [4.69, 9.17) is 5.11 Å². The molecule has 1 atom stereocenters. The fraction of sp³-hybridized carbons (Fsp3) is 0.667. The van der Waals surface area contributed by atoms with Crippen LogP contribution in [0.1, 0.15) is 33.0 Å². The molecule has 0 aromatic carbocycles. The van der Waals surface area contributed by atoms with E-state index in [2.05, 4.69) is 9.71 Å². The van der Waals surface area contributed by atoms with Crippen LogP contribution in [0.4, 0.5) is 0 Å².